The largest absolute Gasteiger partial charge is 0.338 e. The monoisotopic (exact) mass is 669 g/mol. The molecule has 4 atom stereocenters. The fraction of sp³-hybridized carbons (Fsp3) is 0.763. The summed E-state index contributed by atoms with van der Waals surface area (Å²) in [6, 6.07) is 7.28. The van der Waals surface area contributed by atoms with Crippen LogP contribution in [0.5, 0.6) is 0 Å². The number of hydrogen-bond acceptors (Lipinski definition) is 5. The summed E-state index contributed by atoms with van der Waals surface area (Å²) in [6.07, 6.45) is 4.55. The van der Waals surface area contributed by atoms with Crippen LogP contribution in [-0.4, -0.2) is 119 Å². The summed E-state index contributed by atoms with van der Waals surface area (Å²) in [7, 11) is 2.09. The maximum atomic E-state index is 15.0. The van der Waals surface area contributed by atoms with Crippen LogP contribution in [0.25, 0.3) is 0 Å². The van der Waals surface area contributed by atoms with Crippen molar-refractivity contribution in [1.82, 2.24) is 24.5 Å². The average molecular weight is 670 g/mol. The molecule has 1 aliphatic carbocycles. The normalized spacial score (nSPS) is 28.1. The number of likely N-dealkylation sites (tertiary alicyclic amines) is 2. The van der Waals surface area contributed by atoms with Gasteiger partial charge in [-0.15, -0.1) is 0 Å². The number of halogens is 1. The zero-order chi connectivity index (χ0) is 34.5. The number of piperazine rings is 1. The molecule has 0 unspecified atom stereocenters. The molecule has 4 fully saturated rings. The zero-order valence-corrected chi connectivity index (χ0v) is 31.3. The second-order valence-corrected chi connectivity index (χ2v) is 18.2. The molecule has 0 radical (unpaired) electrons. The highest BCUT2D eigenvalue weighted by molar-refractivity contribution is 6.30. The van der Waals surface area contributed by atoms with Crippen molar-refractivity contribution in [2.24, 2.45) is 16.7 Å². The molecule has 0 N–H and O–H groups in total. The van der Waals surface area contributed by atoms with Crippen molar-refractivity contribution in [2.45, 2.75) is 117 Å². The van der Waals surface area contributed by atoms with E-state index in [1.165, 1.54) is 0 Å². The minimum atomic E-state index is -0.569. The van der Waals surface area contributed by atoms with Crippen molar-refractivity contribution in [3.8, 4) is 0 Å². The Bertz CT molecular complexity index is 1280. The van der Waals surface area contributed by atoms with Gasteiger partial charge in [0.25, 0.3) is 0 Å². The maximum absolute atomic E-state index is 15.0. The van der Waals surface area contributed by atoms with Gasteiger partial charge in [-0.1, -0.05) is 58.4 Å². The van der Waals surface area contributed by atoms with E-state index in [0.29, 0.717) is 37.6 Å². The smallest absolute Gasteiger partial charge is 0.245 e. The Morgan fingerprint density at radius 2 is 1.43 bits per heavy atom. The number of benzene rings is 1. The number of hydrogen-bond donors (Lipinski definition) is 0. The Morgan fingerprint density at radius 3 is 1.98 bits per heavy atom. The molecule has 4 aliphatic rings. The molecule has 1 aromatic rings. The first-order valence-corrected chi connectivity index (χ1v) is 18.3. The number of amides is 3. The summed E-state index contributed by atoms with van der Waals surface area (Å²) in [5, 5.41) is 0.678. The van der Waals surface area contributed by atoms with E-state index >= 15 is 4.79 Å². The zero-order valence-electron chi connectivity index (χ0n) is 30.5. The number of carbonyl (C=O) groups is 3. The predicted molar refractivity (Wildman–Crippen MR) is 189 cm³/mol. The molecule has 3 saturated heterocycles. The van der Waals surface area contributed by atoms with Crippen molar-refractivity contribution in [1.29, 1.82) is 0 Å². The van der Waals surface area contributed by atoms with E-state index in [-0.39, 0.29) is 52.6 Å². The van der Waals surface area contributed by atoms with E-state index in [0.717, 1.165) is 50.9 Å². The lowest BCUT2D eigenvalue weighted by Gasteiger charge is -2.45. The standard InChI is InChI=1S/C38H60ClN5O3/c1-36(2,3)35(47)44(28-14-16-38(7,8)17-15-28)29-22-32(34(46)41-20-18-40(9)19-21-41)43(23-29)33(45)31-25-42(37(4,5)6)24-30(31)26-10-12-27(39)13-11-26/h10-13,28-32H,14-25H2,1-9H3/t29-,30-,31-,32-/m0/s1. The van der Waals surface area contributed by atoms with Gasteiger partial charge in [-0.05, 0) is 83.0 Å². The Labute approximate surface area is 289 Å². The summed E-state index contributed by atoms with van der Waals surface area (Å²) >= 11 is 6.28. The highest BCUT2D eigenvalue weighted by Gasteiger charge is 2.51. The minimum absolute atomic E-state index is 0.00897. The first-order chi connectivity index (χ1) is 21.9. The second-order valence-electron chi connectivity index (χ2n) is 17.7. The highest BCUT2D eigenvalue weighted by Crippen LogP contribution is 2.42. The molecule has 8 nitrogen and oxygen atoms in total. The van der Waals surface area contributed by atoms with Crippen LogP contribution in [0.4, 0.5) is 0 Å². The van der Waals surface area contributed by atoms with Gasteiger partial charge in [0, 0.05) is 73.7 Å². The fourth-order valence-corrected chi connectivity index (χ4v) is 8.40. The van der Waals surface area contributed by atoms with E-state index < -0.39 is 11.5 Å². The average Bonchev–Trinajstić information content (AvgIpc) is 3.64. The van der Waals surface area contributed by atoms with E-state index in [1.807, 2.05) is 54.8 Å². The van der Waals surface area contributed by atoms with Crippen LogP contribution in [0.15, 0.2) is 24.3 Å². The Morgan fingerprint density at radius 1 is 0.830 bits per heavy atom. The molecule has 47 heavy (non-hydrogen) atoms. The van der Waals surface area contributed by atoms with Crippen LogP contribution >= 0.6 is 11.6 Å². The molecule has 1 aromatic carbocycles. The Kier molecular flexibility index (Phi) is 10.5. The van der Waals surface area contributed by atoms with Crippen LogP contribution in [-0.2, 0) is 14.4 Å². The molecule has 0 spiro atoms. The summed E-state index contributed by atoms with van der Waals surface area (Å²) < 4.78 is 0. The van der Waals surface area contributed by atoms with Crippen LogP contribution in [0.2, 0.25) is 5.02 Å². The van der Waals surface area contributed by atoms with Crippen molar-refractivity contribution in [3.63, 3.8) is 0 Å². The minimum Gasteiger partial charge on any atom is -0.338 e. The summed E-state index contributed by atoms with van der Waals surface area (Å²) in [5.41, 5.74) is 0.710. The van der Waals surface area contributed by atoms with Crippen LogP contribution < -0.4 is 0 Å². The van der Waals surface area contributed by atoms with Crippen molar-refractivity contribution in [2.75, 3.05) is 52.9 Å². The van der Waals surface area contributed by atoms with Crippen LogP contribution in [0.3, 0.4) is 0 Å². The SMILES string of the molecule is CN1CCN(C(=O)[C@@H]2C[C@H](N(C(=O)C(C)(C)C)C3CCC(C)(C)CC3)CN2C(=O)[C@H]2CN(C(C)(C)C)C[C@H]2c2ccc(Cl)cc2)CC1. The maximum Gasteiger partial charge on any atom is 0.245 e. The first-order valence-electron chi connectivity index (χ1n) is 18.0. The molecule has 0 bridgehead atoms. The Hall–Kier alpha value is -2.16. The molecular weight excluding hydrogens is 610 g/mol. The third kappa shape index (κ3) is 8.02. The number of nitrogens with zero attached hydrogens (tertiary/aromatic N) is 5. The lowest BCUT2D eigenvalue weighted by atomic mass is 9.74. The predicted octanol–water partition coefficient (Wildman–Crippen LogP) is 5.74. The van der Waals surface area contributed by atoms with Gasteiger partial charge in [0.05, 0.1) is 12.0 Å². The van der Waals surface area contributed by atoms with Crippen LogP contribution in [0.1, 0.15) is 99.0 Å². The lowest BCUT2D eigenvalue weighted by Crippen LogP contribution is -2.54. The van der Waals surface area contributed by atoms with Crippen molar-refractivity contribution >= 4 is 29.3 Å². The molecule has 3 heterocycles. The summed E-state index contributed by atoms with van der Waals surface area (Å²) in [5.74, 6) is -0.0918. The van der Waals surface area contributed by atoms with Gasteiger partial charge in [0.2, 0.25) is 17.7 Å². The highest BCUT2D eigenvalue weighted by atomic mass is 35.5. The van der Waals surface area contributed by atoms with Gasteiger partial charge in [-0.2, -0.15) is 0 Å². The van der Waals surface area contributed by atoms with Gasteiger partial charge in [0.15, 0.2) is 0 Å². The molecule has 3 amide bonds. The first kappa shape index (κ1) is 36.1. The number of rotatable bonds is 5. The number of likely N-dealkylation sites (N-methyl/N-ethyl adjacent to an activating group) is 1. The van der Waals surface area contributed by atoms with E-state index in [9.17, 15) is 9.59 Å². The van der Waals surface area contributed by atoms with E-state index in [4.69, 9.17) is 11.6 Å². The summed E-state index contributed by atoms with van der Waals surface area (Å²) in [4.78, 5) is 54.4. The second kappa shape index (κ2) is 13.6. The third-order valence-corrected chi connectivity index (χ3v) is 11.8. The van der Waals surface area contributed by atoms with Gasteiger partial charge in [-0.3, -0.25) is 19.3 Å². The quantitative estimate of drug-likeness (QED) is 0.400. The van der Waals surface area contributed by atoms with Crippen molar-refractivity contribution < 1.29 is 14.4 Å². The molecular formula is C38H60ClN5O3. The third-order valence-electron chi connectivity index (χ3n) is 11.5. The van der Waals surface area contributed by atoms with Gasteiger partial charge in [0.1, 0.15) is 6.04 Å². The summed E-state index contributed by atoms with van der Waals surface area (Å²) in [6.45, 7) is 22.0. The molecule has 0 aromatic heterocycles. The molecule has 1 saturated carbocycles. The molecule has 9 heteroatoms. The van der Waals surface area contributed by atoms with E-state index in [2.05, 4.69) is 56.4 Å². The molecule has 3 aliphatic heterocycles. The van der Waals surface area contributed by atoms with Gasteiger partial charge < -0.3 is 19.6 Å². The van der Waals surface area contributed by atoms with Gasteiger partial charge in [-0.25, -0.2) is 0 Å². The lowest BCUT2D eigenvalue weighted by molar-refractivity contribution is -0.147. The molecule has 5 rings (SSSR count). The molecule has 262 valence electrons. The Balaban J connectivity index is 1.49. The van der Waals surface area contributed by atoms with E-state index in [1.54, 1.807) is 0 Å². The van der Waals surface area contributed by atoms with Gasteiger partial charge >= 0.3 is 0 Å². The van der Waals surface area contributed by atoms with Crippen molar-refractivity contribution in [3.05, 3.63) is 34.9 Å². The van der Waals surface area contributed by atoms with Crippen LogP contribution in [0, 0.1) is 16.7 Å². The number of carbonyl (C=O) groups excluding carboxylic acids is 3. The fourth-order valence-electron chi connectivity index (χ4n) is 8.27. The topological polar surface area (TPSA) is 67.4 Å².